The van der Waals surface area contributed by atoms with E-state index in [9.17, 15) is 0 Å². The van der Waals surface area contributed by atoms with Gasteiger partial charge < -0.3 is 14.2 Å². The number of methoxy groups -OCH3 is 1. The normalized spacial score (nSPS) is 11.0. The van der Waals surface area contributed by atoms with Gasteiger partial charge in [0.25, 0.3) is 0 Å². The Morgan fingerprint density at radius 1 is 0.750 bits per heavy atom. The van der Waals surface area contributed by atoms with Crippen molar-refractivity contribution in [1.82, 2.24) is 0 Å². The van der Waals surface area contributed by atoms with Crippen molar-refractivity contribution in [1.29, 1.82) is 0 Å². The Hall–Kier alpha value is -1.61. The molecule has 0 aliphatic carbocycles. The number of hydrogen-bond donors (Lipinski definition) is 0. The maximum atomic E-state index is 6.15. The number of alkyl halides is 1. The second kappa shape index (κ2) is 13.5. The molecule has 156 valence electrons. The molecule has 0 aromatic heterocycles. The Bertz CT molecular complexity index is 687. The van der Waals surface area contributed by atoms with Gasteiger partial charge in [-0.05, 0) is 19.3 Å². The van der Waals surface area contributed by atoms with E-state index >= 15 is 0 Å². The largest absolute Gasteiger partial charge is 0.493 e. The third-order valence-corrected chi connectivity index (χ3v) is 5.19. The molecular weight excluding hydrogens is 372 g/mol. The molecule has 0 unspecified atom stereocenters. The fourth-order valence-corrected chi connectivity index (χ4v) is 3.51. The van der Waals surface area contributed by atoms with Crippen molar-refractivity contribution >= 4 is 22.4 Å². The summed E-state index contributed by atoms with van der Waals surface area (Å²) in [4.78, 5) is 0. The molecule has 0 heterocycles. The minimum atomic E-state index is 0.701. The van der Waals surface area contributed by atoms with E-state index in [2.05, 4.69) is 19.1 Å². The average molecular weight is 407 g/mol. The first kappa shape index (κ1) is 22.7. The van der Waals surface area contributed by atoms with Crippen molar-refractivity contribution in [2.75, 3.05) is 26.2 Å². The summed E-state index contributed by atoms with van der Waals surface area (Å²) >= 11 is 5.73. The molecule has 4 heteroatoms. The summed E-state index contributed by atoms with van der Waals surface area (Å²) < 4.78 is 17.9. The average Bonchev–Trinajstić information content (AvgIpc) is 2.73. The highest BCUT2D eigenvalue weighted by atomic mass is 35.5. The summed E-state index contributed by atoms with van der Waals surface area (Å²) in [7, 11) is 1.69. The highest BCUT2D eigenvalue weighted by molar-refractivity contribution is 6.17. The zero-order valence-electron chi connectivity index (χ0n) is 17.5. The molecule has 0 aliphatic rings. The summed E-state index contributed by atoms with van der Waals surface area (Å²) in [5.74, 6) is 3.16. The SMILES string of the molecule is CCCCCCCOc1c(OC)cc(OCCCCCCCl)c2ccccc12. The highest BCUT2D eigenvalue weighted by Crippen LogP contribution is 2.41. The van der Waals surface area contributed by atoms with Crippen molar-refractivity contribution in [3.63, 3.8) is 0 Å². The van der Waals surface area contributed by atoms with Gasteiger partial charge in [-0.1, -0.05) is 69.7 Å². The van der Waals surface area contributed by atoms with Crippen LogP contribution in [-0.4, -0.2) is 26.2 Å². The molecule has 0 amide bonds. The molecule has 0 spiro atoms. The molecule has 0 aliphatic heterocycles. The van der Waals surface area contributed by atoms with Crippen molar-refractivity contribution < 1.29 is 14.2 Å². The van der Waals surface area contributed by atoms with Gasteiger partial charge in [-0.25, -0.2) is 0 Å². The zero-order valence-corrected chi connectivity index (χ0v) is 18.2. The van der Waals surface area contributed by atoms with Gasteiger partial charge >= 0.3 is 0 Å². The summed E-state index contributed by atoms with van der Waals surface area (Å²) in [6, 6.07) is 10.2. The van der Waals surface area contributed by atoms with E-state index in [1.165, 1.54) is 25.7 Å². The molecule has 2 aromatic rings. The Labute approximate surface area is 175 Å². The molecule has 0 saturated heterocycles. The van der Waals surface area contributed by atoms with Crippen LogP contribution in [0.15, 0.2) is 30.3 Å². The van der Waals surface area contributed by atoms with Crippen LogP contribution in [0.5, 0.6) is 17.2 Å². The fraction of sp³-hybridized carbons (Fsp3) is 0.583. The number of ether oxygens (including phenoxy) is 3. The van der Waals surface area contributed by atoms with Gasteiger partial charge in [0.2, 0.25) is 0 Å². The lowest BCUT2D eigenvalue weighted by Gasteiger charge is -2.17. The van der Waals surface area contributed by atoms with Crippen LogP contribution in [-0.2, 0) is 0 Å². The Balaban J connectivity index is 2.04. The second-order valence-corrected chi connectivity index (χ2v) is 7.54. The van der Waals surface area contributed by atoms with Crippen molar-refractivity contribution in [3.8, 4) is 17.2 Å². The molecule has 28 heavy (non-hydrogen) atoms. The van der Waals surface area contributed by atoms with Gasteiger partial charge in [0.15, 0.2) is 11.5 Å². The monoisotopic (exact) mass is 406 g/mol. The second-order valence-electron chi connectivity index (χ2n) is 7.17. The number of rotatable bonds is 15. The van der Waals surface area contributed by atoms with Crippen molar-refractivity contribution in [2.45, 2.75) is 64.7 Å². The van der Waals surface area contributed by atoms with Crippen LogP contribution < -0.4 is 14.2 Å². The van der Waals surface area contributed by atoms with Gasteiger partial charge in [0.05, 0.1) is 20.3 Å². The molecular formula is C24H35ClO3. The van der Waals surface area contributed by atoms with Gasteiger partial charge in [0, 0.05) is 22.7 Å². The lowest BCUT2D eigenvalue weighted by molar-refractivity contribution is 0.283. The summed E-state index contributed by atoms with van der Waals surface area (Å²) in [6.45, 7) is 3.65. The van der Waals surface area contributed by atoms with Gasteiger partial charge in [-0.2, -0.15) is 0 Å². The third-order valence-electron chi connectivity index (χ3n) is 4.92. The van der Waals surface area contributed by atoms with E-state index in [0.717, 1.165) is 66.0 Å². The number of benzene rings is 2. The van der Waals surface area contributed by atoms with E-state index < -0.39 is 0 Å². The van der Waals surface area contributed by atoms with Gasteiger partial charge in [-0.3, -0.25) is 0 Å². The maximum Gasteiger partial charge on any atom is 0.169 e. The molecule has 2 rings (SSSR count). The number of halogens is 1. The summed E-state index contributed by atoms with van der Waals surface area (Å²) in [5, 5.41) is 2.12. The first-order chi connectivity index (χ1) is 13.8. The molecule has 0 atom stereocenters. The Morgan fingerprint density at radius 3 is 2.07 bits per heavy atom. The molecule has 0 bridgehead atoms. The third kappa shape index (κ3) is 7.09. The lowest BCUT2D eigenvalue weighted by atomic mass is 10.1. The van der Waals surface area contributed by atoms with Gasteiger partial charge in [-0.15, -0.1) is 11.6 Å². The first-order valence-corrected chi connectivity index (χ1v) is 11.3. The topological polar surface area (TPSA) is 27.7 Å². The van der Waals surface area contributed by atoms with Crippen LogP contribution >= 0.6 is 11.6 Å². The molecule has 0 saturated carbocycles. The van der Waals surface area contributed by atoms with Crippen LogP contribution in [0.4, 0.5) is 0 Å². The van der Waals surface area contributed by atoms with E-state index in [4.69, 9.17) is 25.8 Å². The van der Waals surface area contributed by atoms with E-state index in [-0.39, 0.29) is 0 Å². The lowest BCUT2D eigenvalue weighted by Crippen LogP contribution is -2.03. The summed E-state index contributed by atoms with van der Waals surface area (Å²) in [5.41, 5.74) is 0. The van der Waals surface area contributed by atoms with Gasteiger partial charge in [0.1, 0.15) is 5.75 Å². The highest BCUT2D eigenvalue weighted by Gasteiger charge is 2.15. The van der Waals surface area contributed by atoms with E-state index in [1.807, 2.05) is 18.2 Å². The van der Waals surface area contributed by atoms with E-state index in [0.29, 0.717) is 13.2 Å². The molecule has 3 nitrogen and oxygen atoms in total. The number of fused-ring (bicyclic) bond motifs is 1. The Kier molecular flexibility index (Phi) is 11.0. The predicted octanol–water partition coefficient (Wildman–Crippen LogP) is 7.38. The predicted molar refractivity (Wildman–Crippen MR) is 119 cm³/mol. The minimum absolute atomic E-state index is 0.701. The first-order valence-electron chi connectivity index (χ1n) is 10.7. The summed E-state index contributed by atoms with van der Waals surface area (Å²) in [6.07, 6.45) is 10.5. The maximum absolute atomic E-state index is 6.15. The fourth-order valence-electron chi connectivity index (χ4n) is 3.32. The number of hydrogen-bond acceptors (Lipinski definition) is 3. The van der Waals surface area contributed by atoms with Crippen LogP contribution in [0.25, 0.3) is 10.8 Å². The smallest absolute Gasteiger partial charge is 0.169 e. The zero-order chi connectivity index (χ0) is 20.0. The van der Waals surface area contributed by atoms with Crippen molar-refractivity contribution in [3.05, 3.63) is 30.3 Å². The quantitative estimate of drug-likeness (QED) is 0.228. The van der Waals surface area contributed by atoms with E-state index in [1.54, 1.807) is 7.11 Å². The minimum Gasteiger partial charge on any atom is -0.493 e. The van der Waals surface area contributed by atoms with Crippen LogP contribution in [0.1, 0.15) is 64.7 Å². The Morgan fingerprint density at radius 2 is 1.39 bits per heavy atom. The van der Waals surface area contributed by atoms with Crippen LogP contribution in [0.2, 0.25) is 0 Å². The number of unbranched alkanes of at least 4 members (excludes halogenated alkanes) is 7. The standard InChI is InChI=1S/C24H35ClO3/c1-3-4-5-7-13-18-28-24-21-15-10-9-14-20(21)22(19-23(24)26-2)27-17-12-8-6-11-16-25/h9-10,14-15,19H,3-8,11-13,16-18H2,1-2H3. The van der Waals surface area contributed by atoms with Crippen molar-refractivity contribution in [2.24, 2.45) is 0 Å². The molecule has 0 N–H and O–H groups in total. The molecule has 0 radical (unpaired) electrons. The molecule has 2 aromatic carbocycles. The van der Waals surface area contributed by atoms with Crippen LogP contribution in [0.3, 0.4) is 0 Å². The van der Waals surface area contributed by atoms with Crippen LogP contribution in [0, 0.1) is 0 Å². The molecule has 0 fully saturated rings.